The molecule has 2 heterocycles. The van der Waals surface area contributed by atoms with Gasteiger partial charge in [-0.15, -0.1) is 0 Å². The first kappa shape index (κ1) is 23.5. The number of amides is 2. The third-order valence-corrected chi connectivity index (χ3v) is 6.27. The van der Waals surface area contributed by atoms with Crippen LogP contribution in [0, 0.1) is 40.3 Å². The minimum Gasteiger partial charge on any atom is -0.465 e. The second kappa shape index (κ2) is 9.17. The molecule has 4 unspecified atom stereocenters. The lowest BCUT2D eigenvalue weighted by Gasteiger charge is -2.50. The molecule has 4 atom stereocenters. The summed E-state index contributed by atoms with van der Waals surface area (Å²) >= 11 is 0. The van der Waals surface area contributed by atoms with Crippen LogP contribution in [0.25, 0.3) is 0 Å². The molecule has 0 aliphatic carbocycles. The maximum absolute atomic E-state index is 13.3. The van der Waals surface area contributed by atoms with E-state index >= 15 is 0 Å². The van der Waals surface area contributed by atoms with Crippen molar-refractivity contribution in [1.82, 2.24) is 14.7 Å². The van der Waals surface area contributed by atoms with Gasteiger partial charge in [-0.1, -0.05) is 20.3 Å². The molecular weight excluding hydrogens is 429 g/mol. The minimum absolute atomic E-state index is 0.0144. The van der Waals surface area contributed by atoms with Crippen LogP contribution < -0.4 is 11.1 Å². The van der Waals surface area contributed by atoms with E-state index in [1.54, 1.807) is 6.92 Å². The molecule has 33 heavy (non-hydrogen) atoms. The molecule has 0 radical (unpaired) electrons. The van der Waals surface area contributed by atoms with Crippen LogP contribution in [-0.2, 0) is 0 Å². The first-order valence-corrected chi connectivity index (χ1v) is 10.4. The number of benzene rings is 1. The van der Waals surface area contributed by atoms with E-state index in [0.29, 0.717) is 12.1 Å². The first-order valence-electron chi connectivity index (χ1n) is 10.4. The topological polar surface area (TPSA) is 161 Å². The Kier molecular flexibility index (Phi) is 6.54. The molecular formula is C22H24FN7O3. The normalized spacial score (nSPS) is 23.2. The number of hydrogen-bond donors (Lipinski definition) is 3. The molecule has 2 amide bonds. The lowest BCUT2D eigenvalue weighted by molar-refractivity contribution is -0.00907. The number of aromatic nitrogens is 2. The maximum Gasteiger partial charge on any atom is 0.408 e. The van der Waals surface area contributed by atoms with Crippen LogP contribution in [0.3, 0.4) is 0 Å². The number of piperidine rings is 1. The monoisotopic (exact) mass is 453 g/mol. The predicted molar refractivity (Wildman–Crippen MR) is 116 cm³/mol. The van der Waals surface area contributed by atoms with Crippen LogP contribution in [0.4, 0.5) is 20.7 Å². The van der Waals surface area contributed by atoms with E-state index < -0.39 is 41.2 Å². The van der Waals surface area contributed by atoms with E-state index in [-0.39, 0.29) is 24.3 Å². The summed E-state index contributed by atoms with van der Waals surface area (Å²) in [7, 11) is 0. The van der Waals surface area contributed by atoms with Crippen LogP contribution in [0.2, 0.25) is 0 Å². The zero-order valence-electron chi connectivity index (χ0n) is 18.2. The molecule has 3 rings (SSSR count). The van der Waals surface area contributed by atoms with Gasteiger partial charge in [0.25, 0.3) is 5.91 Å². The van der Waals surface area contributed by atoms with Crippen molar-refractivity contribution in [3.63, 3.8) is 0 Å². The molecule has 1 saturated heterocycles. The Morgan fingerprint density at radius 2 is 2.06 bits per heavy atom. The van der Waals surface area contributed by atoms with Crippen molar-refractivity contribution in [2.45, 2.75) is 38.3 Å². The average Bonchev–Trinajstić information content (AvgIpc) is 3.22. The first-order chi connectivity index (χ1) is 15.7. The predicted octanol–water partition coefficient (Wildman–Crippen LogP) is 3.24. The highest BCUT2D eigenvalue weighted by Gasteiger charge is 2.57. The summed E-state index contributed by atoms with van der Waals surface area (Å²) in [5.74, 6) is -2.39. The third kappa shape index (κ3) is 4.05. The van der Waals surface area contributed by atoms with Gasteiger partial charge in [-0.3, -0.25) is 14.4 Å². The van der Waals surface area contributed by atoms with Crippen molar-refractivity contribution < 1.29 is 19.1 Å². The number of primary amides is 1. The van der Waals surface area contributed by atoms with Gasteiger partial charge in [-0.2, -0.15) is 15.6 Å². The fraction of sp³-hybridized carbons (Fsp3) is 0.409. The molecule has 2 aromatic rings. The van der Waals surface area contributed by atoms with Gasteiger partial charge in [0.2, 0.25) is 0 Å². The largest absolute Gasteiger partial charge is 0.465 e. The smallest absolute Gasteiger partial charge is 0.408 e. The summed E-state index contributed by atoms with van der Waals surface area (Å²) in [5, 5.41) is 37.4. The number of halogens is 1. The van der Waals surface area contributed by atoms with Crippen molar-refractivity contribution in [3.05, 3.63) is 41.8 Å². The van der Waals surface area contributed by atoms with Gasteiger partial charge >= 0.3 is 6.09 Å². The van der Waals surface area contributed by atoms with Crippen LogP contribution in [0.15, 0.2) is 30.5 Å². The zero-order valence-corrected chi connectivity index (χ0v) is 18.2. The lowest BCUT2D eigenvalue weighted by atomic mass is 9.69. The molecule has 4 N–H and O–H groups in total. The molecule has 0 saturated carbocycles. The van der Waals surface area contributed by atoms with Gasteiger partial charge in [0.05, 0.1) is 18.1 Å². The second-order valence-corrected chi connectivity index (χ2v) is 8.02. The highest BCUT2D eigenvalue weighted by atomic mass is 19.1. The molecule has 1 aliphatic heterocycles. The van der Waals surface area contributed by atoms with E-state index in [0.717, 1.165) is 4.90 Å². The fourth-order valence-corrected chi connectivity index (χ4v) is 4.43. The average molecular weight is 453 g/mol. The summed E-state index contributed by atoms with van der Waals surface area (Å²) in [6, 6.07) is 8.72. The molecule has 0 spiro atoms. The minimum atomic E-state index is -1.60. The SMILES string of the molecule is CCC(C)C1(C#N)C(n2cc(C(N)=O)c(Nc3ccc(F)cc3)n2)C(C#N)CCN1C(=O)O. The van der Waals surface area contributed by atoms with Gasteiger partial charge in [-0.25, -0.2) is 9.18 Å². The van der Waals surface area contributed by atoms with E-state index in [9.17, 15) is 29.6 Å². The maximum atomic E-state index is 13.3. The highest BCUT2D eigenvalue weighted by Crippen LogP contribution is 2.46. The highest BCUT2D eigenvalue weighted by molar-refractivity contribution is 5.98. The summed E-state index contributed by atoms with van der Waals surface area (Å²) in [5.41, 5.74) is 4.35. The number of carbonyl (C=O) groups is 2. The summed E-state index contributed by atoms with van der Waals surface area (Å²) in [6.45, 7) is 3.60. The number of nitriles is 2. The van der Waals surface area contributed by atoms with E-state index in [1.165, 1.54) is 35.1 Å². The Hall–Kier alpha value is -4.12. The number of rotatable bonds is 6. The van der Waals surface area contributed by atoms with Crippen molar-refractivity contribution in [1.29, 1.82) is 10.5 Å². The Balaban J connectivity index is 2.18. The molecule has 1 aromatic carbocycles. The van der Waals surface area contributed by atoms with Crippen molar-refractivity contribution in [3.8, 4) is 12.1 Å². The van der Waals surface area contributed by atoms with Gasteiger partial charge in [0, 0.05) is 18.4 Å². The number of nitrogens with two attached hydrogens (primary N) is 1. The number of likely N-dealkylation sites (tertiary alicyclic amines) is 1. The second-order valence-electron chi connectivity index (χ2n) is 8.02. The van der Waals surface area contributed by atoms with Crippen LogP contribution >= 0.6 is 0 Å². The summed E-state index contributed by atoms with van der Waals surface area (Å²) in [4.78, 5) is 25.3. The Morgan fingerprint density at radius 3 is 2.58 bits per heavy atom. The Labute approximate surface area is 190 Å². The third-order valence-electron chi connectivity index (χ3n) is 6.27. The molecule has 11 heteroatoms. The molecule has 0 bridgehead atoms. The Morgan fingerprint density at radius 1 is 1.39 bits per heavy atom. The van der Waals surface area contributed by atoms with Gasteiger partial charge < -0.3 is 16.2 Å². The molecule has 1 aromatic heterocycles. The van der Waals surface area contributed by atoms with Gasteiger partial charge in [-0.05, 0) is 36.6 Å². The number of hydrogen-bond acceptors (Lipinski definition) is 6. The quantitative estimate of drug-likeness (QED) is 0.605. The van der Waals surface area contributed by atoms with Gasteiger partial charge in [0.1, 0.15) is 17.4 Å². The summed E-state index contributed by atoms with van der Waals surface area (Å²) < 4.78 is 14.6. The molecule has 1 fully saturated rings. The lowest BCUT2D eigenvalue weighted by Crippen LogP contribution is -2.64. The Bertz CT molecular complexity index is 1130. The molecule has 1 aliphatic rings. The summed E-state index contributed by atoms with van der Waals surface area (Å²) in [6.07, 6.45) is 0.713. The number of carboxylic acid groups (broad SMARTS) is 1. The van der Waals surface area contributed by atoms with E-state index in [2.05, 4.69) is 22.6 Å². The number of carbonyl (C=O) groups excluding carboxylic acids is 1. The van der Waals surface area contributed by atoms with Crippen molar-refractivity contribution in [2.75, 3.05) is 11.9 Å². The zero-order chi connectivity index (χ0) is 24.3. The fourth-order valence-electron chi connectivity index (χ4n) is 4.43. The van der Waals surface area contributed by atoms with Gasteiger partial charge in [0.15, 0.2) is 11.4 Å². The van der Waals surface area contributed by atoms with Crippen molar-refractivity contribution in [2.24, 2.45) is 17.6 Å². The van der Waals surface area contributed by atoms with E-state index in [4.69, 9.17) is 5.73 Å². The molecule has 10 nitrogen and oxygen atoms in total. The number of anilines is 2. The van der Waals surface area contributed by atoms with Crippen LogP contribution in [-0.4, -0.2) is 43.9 Å². The standard InChI is InChI=1S/C22H24FN7O3/c1-3-13(2)22(12-25)18(14(10-24)8-9-29(22)21(32)33)30-11-17(19(26)31)20(28-30)27-16-6-4-15(23)5-7-16/h4-7,11,13-14,18H,3,8-9H2,1-2H3,(H2,26,31)(H,27,28)(H,32,33). The van der Waals surface area contributed by atoms with E-state index in [1.807, 2.05) is 6.92 Å². The van der Waals surface area contributed by atoms with Crippen molar-refractivity contribution >= 4 is 23.5 Å². The van der Waals surface area contributed by atoms with Crippen LogP contribution in [0.1, 0.15) is 43.1 Å². The van der Waals surface area contributed by atoms with Crippen LogP contribution in [0.5, 0.6) is 0 Å². The number of nitrogens with zero attached hydrogens (tertiary/aromatic N) is 5. The number of nitrogens with one attached hydrogen (secondary N) is 1. The molecule has 172 valence electrons.